The van der Waals surface area contributed by atoms with Gasteiger partial charge in [0.15, 0.2) is 0 Å². The average Bonchev–Trinajstić information content (AvgIpc) is 2.82. The minimum Gasteiger partial charge on any atom is -0.418 e. The van der Waals surface area contributed by atoms with E-state index in [1.165, 1.54) is 0 Å². The maximum absolute atomic E-state index is 8.95. The van der Waals surface area contributed by atoms with Crippen LogP contribution in [0.15, 0.2) is 40.4 Å². The predicted octanol–water partition coefficient (Wildman–Crippen LogP) is 3.68. The molecule has 0 amide bonds. The lowest BCUT2D eigenvalue weighted by Crippen LogP contribution is -1.91. The number of aromatic nitrogens is 1. The largest absolute Gasteiger partial charge is 0.418 e. The number of oxazole rings is 1. The first kappa shape index (κ1) is 13.8. The summed E-state index contributed by atoms with van der Waals surface area (Å²) in [5, 5.41) is 13.6. The predicted molar refractivity (Wildman–Crippen MR) is 78.6 cm³/mol. The second kappa shape index (κ2) is 6.04. The number of hydrogen-bond donors (Lipinski definition) is 1. The molecule has 0 aliphatic heterocycles. The van der Waals surface area contributed by atoms with Crippen molar-refractivity contribution >= 4 is 29.3 Å². The summed E-state index contributed by atoms with van der Waals surface area (Å²) in [6.07, 6.45) is 1.57. The molecule has 0 atom stereocenters. The number of nitrogens with zero attached hydrogens (tertiary/aromatic N) is 3. The van der Waals surface area contributed by atoms with E-state index in [2.05, 4.69) is 22.1 Å². The Morgan fingerprint density at radius 3 is 3.05 bits per heavy atom. The number of rotatable bonds is 4. The average molecular weight is 287 g/mol. The van der Waals surface area contributed by atoms with Crippen LogP contribution in [-0.4, -0.2) is 11.2 Å². The molecule has 1 heterocycles. The molecule has 1 aromatic heterocycles. The highest BCUT2D eigenvalue weighted by molar-refractivity contribution is 6.30. The van der Waals surface area contributed by atoms with Crippen molar-refractivity contribution in [2.75, 3.05) is 5.43 Å². The molecule has 2 rings (SSSR count). The number of anilines is 1. The first-order valence-corrected chi connectivity index (χ1v) is 6.09. The Labute approximate surface area is 121 Å². The number of allylic oxidation sites excluding steroid dienone is 1. The number of hydrogen-bond acceptors (Lipinski definition) is 5. The van der Waals surface area contributed by atoms with Gasteiger partial charge >= 0.3 is 0 Å². The molecule has 0 radical (unpaired) electrons. The number of hydrazone groups is 1. The van der Waals surface area contributed by atoms with Crippen molar-refractivity contribution in [1.29, 1.82) is 5.26 Å². The monoisotopic (exact) mass is 286 g/mol. The molecule has 0 bridgehead atoms. The number of halogens is 1. The summed E-state index contributed by atoms with van der Waals surface area (Å²) < 4.78 is 5.34. The zero-order chi connectivity index (χ0) is 14.5. The lowest BCUT2D eigenvalue weighted by atomic mass is 10.2. The van der Waals surface area contributed by atoms with Gasteiger partial charge in [-0.05, 0) is 24.6 Å². The molecule has 1 N–H and O–H groups in total. The SMILES string of the molecule is C=C(C)c1nc(C#N)c(N/N=C/c2cccc(Cl)c2)o1. The molecule has 5 nitrogen and oxygen atoms in total. The lowest BCUT2D eigenvalue weighted by Gasteiger charge is -1.96. The van der Waals surface area contributed by atoms with Gasteiger partial charge in [0, 0.05) is 10.6 Å². The summed E-state index contributed by atoms with van der Waals surface area (Å²) in [4.78, 5) is 3.98. The van der Waals surface area contributed by atoms with Crippen LogP contribution >= 0.6 is 11.6 Å². The zero-order valence-electron chi connectivity index (χ0n) is 10.7. The van der Waals surface area contributed by atoms with Crippen molar-refractivity contribution in [3.8, 4) is 6.07 Å². The maximum atomic E-state index is 8.95. The van der Waals surface area contributed by atoms with Crippen LogP contribution in [0.3, 0.4) is 0 Å². The molecule has 0 aliphatic carbocycles. The molecule has 100 valence electrons. The molecule has 0 aliphatic rings. The van der Waals surface area contributed by atoms with E-state index in [1.807, 2.05) is 18.2 Å². The van der Waals surface area contributed by atoms with E-state index < -0.39 is 0 Å². The Hall–Kier alpha value is -2.58. The van der Waals surface area contributed by atoms with Crippen LogP contribution in [0.1, 0.15) is 24.1 Å². The molecule has 0 fully saturated rings. The van der Waals surface area contributed by atoms with Crippen LogP contribution < -0.4 is 5.43 Å². The van der Waals surface area contributed by atoms with Gasteiger partial charge in [0.2, 0.25) is 11.6 Å². The van der Waals surface area contributed by atoms with Crippen molar-refractivity contribution in [2.45, 2.75) is 6.92 Å². The van der Waals surface area contributed by atoms with E-state index >= 15 is 0 Å². The van der Waals surface area contributed by atoms with Gasteiger partial charge in [0.25, 0.3) is 5.88 Å². The molecule has 0 saturated heterocycles. The van der Waals surface area contributed by atoms with Crippen LogP contribution in [0, 0.1) is 11.3 Å². The molecular formula is C14H11ClN4O. The fraction of sp³-hybridized carbons (Fsp3) is 0.0714. The van der Waals surface area contributed by atoms with Crippen LogP contribution in [0.25, 0.3) is 5.57 Å². The van der Waals surface area contributed by atoms with E-state index in [1.54, 1.807) is 25.3 Å². The van der Waals surface area contributed by atoms with Crippen LogP contribution in [0.5, 0.6) is 0 Å². The number of benzene rings is 1. The third-order valence-electron chi connectivity index (χ3n) is 2.33. The molecule has 0 saturated carbocycles. The van der Waals surface area contributed by atoms with Crippen LogP contribution in [0.4, 0.5) is 5.88 Å². The van der Waals surface area contributed by atoms with Crippen molar-refractivity contribution in [2.24, 2.45) is 5.10 Å². The number of nitrogens with one attached hydrogen (secondary N) is 1. The fourth-order valence-electron chi connectivity index (χ4n) is 1.41. The van der Waals surface area contributed by atoms with Crippen LogP contribution in [0.2, 0.25) is 5.02 Å². The Kier molecular flexibility index (Phi) is 4.18. The maximum Gasteiger partial charge on any atom is 0.252 e. The normalized spacial score (nSPS) is 10.4. The Balaban J connectivity index is 2.15. The lowest BCUT2D eigenvalue weighted by molar-refractivity contribution is 0.554. The van der Waals surface area contributed by atoms with Gasteiger partial charge in [-0.1, -0.05) is 30.3 Å². The minimum absolute atomic E-state index is 0.131. The highest BCUT2D eigenvalue weighted by Crippen LogP contribution is 2.20. The van der Waals surface area contributed by atoms with Crippen LogP contribution in [-0.2, 0) is 0 Å². The molecule has 20 heavy (non-hydrogen) atoms. The smallest absolute Gasteiger partial charge is 0.252 e. The van der Waals surface area contributed by atoms with Crippen molar-refractivity contribution in [3.63, 3.8) is 0 Å². The second-order valence-electron chi connectivity index (χ2n) is 4.01. The molecule has 0 unspecified atom stereocenters. The fourth-order valence-corrected chi connectivity index (χ4v) is 1.61. The van der Waals surface area contributed by atoms with Gasteiger partial charge in [0.05, 0.1) is 6.21 Å². The van der Waals surface area contributed by atoms with Gasteiger partial charge in [-0.15, -0.1) is 0 Å². The van der Waals surface area contributed by atoms with Gasteiger partial charge < -0.3 is 4.42 Å². The molecule has 2 aromatic rings. The minimum atomic E-state index is 0.131. The van der Waals surface area contributed by atoms with Gasteiger partial charge in [0.1, 0.15) is 6.07 Å². The van der Waals surface area contributed by atoms with E-state index in [4.69, 9.17) is 21.3 Å². The summed E-state index contributed by atoms with van der Waals surface area (Å²) in [6.45, 7) is 5.45. The van der Waals surface area contributed by atoms with E-state index in [0.29, 0.717) is 16.5 Å². The zero-order valence-corrected chi connectivity index (χ0v) is 11.5. The molecule has 6 heteroatoms. The van der Waals surface area contributed by atoms with E-state index in [9.17, 15) is 0 Å². The summed E-state index contributed by atoms with van der Waals surface area (Å²) >= 11 is 5.86. The number of nitriles is 1. The Bertz CT molecular complexity index is 712. The second-order valence-corrected chi connectivity index (χ2v) is 4.45. The van der Waals surface area contributed by atoms with Gasteiger partial charge in [-0.3, -0.25) is 0 Å². The van der Waals surface area contributed by atoms with Crippen molar-refractivity contribution < 1.29 is 4.42 Å². The third-order valence-corrected chi connectivity index (χ3v) is 2.56. The quantitative estimate of drug-likeness (QED) is 0.687. The summed E-state index contributed by atoms with van der Waals surface area (Å²) in [7, 11) is 0. The third kappa shape index (κ3) is 3.25. The highest BCUT2D eigenvalue weighted by atomic mass is 35.5. The van der Waals surface area contributed by atoms with Crippen molar-refractivity contribution in [3.05, 3.63) is 53.0 Å². The van der Waals surface area contributed by atoms with E-state index in [-0.39, 0.29) is 11.6 Å². The first-order chi connectivity index (χ1) is 9.60. The summed E-state index contributed by atoms with van der Waals surface area (Å²) in [5.41, 5.74) is 4.23. The summed E-state index contributed by atoms with van der Waals surface area (Å²) in [5.74, 6) is 0.491. The molecule has 1 aromatic carbocycles. The molecular weight excluding hydrogens is 276 g/mol. The first-order valence-electron chi connectivity index (χ1n) is 5.71. The Morgan fingerprint density at radius 2 is 2.40 bits per heavy atom. The standard InChI is InChI=1S/C14H11ClN4O/c1-9(2)13-18-12(7-16)14(20-13)19-17-8-10-4-3-5-11(15)6-10/h3-6,8,19H,1H2,2H3/b17-8+. The Morgan fingerprint density at radius 1 is 1.60 bits per heavy atom. The highest BCUT2D eigenvalue weighted by Gasteiger charge is 2.12. The van der Waals surface area contributed by atoms with Gasteiger partial charge in [-0.25, -0.2) is 5.43 Å². The van der Waals surface area contributed by atoms with Gasteiger partial charge in [-0.2, -0.15) is 15.3 Å². The molecule has 0 spiro atoms. The summed E-state index contributed by atoms with van der Waals surface area (Å²) in [6, 6.07) is 9.13. The van der Waals surface area contributed by atoms with Crippen molar-refractivity contribution in [1.82, 2.24) is 4.98 Å². The topological polar surface area (TPSA) is 74.2 Å². The van der Waals surface area contributed by atoms with E-state index in [0.717, 1.165) is 5.56 Å².